The summed E-state index contributed by atoms with van der Waals surface area (Å²) in [5.41, 5.74) is 1.86. The second kappa shape index (κ2) is 6.34. The molecule has 0 amide bonds. The molecule has 22 heavy (non-hydrogen) atoms. The zero-order valence-electron chi connectivity index (χ0n) is 11.5. The Hall–Kier alpha value is -2.10. The highest BCUT2D eigenvalue weighted by Gasteiger charge is 2.12. The normalized spacial score (nSPS) is 10.6. The molecule has 0 atom stereocenters. The first-order valence-corrected chi connectivity index (χ1v) is 7.46. The topological polar surface area (TPSA) is 34.9 Å². The smallest absolute Gasteiger partial charge is 0.267 e. The van der Waals surface area contributed by atoms with Crippen LogP contribution in [0.4, 0.5) is 0 Å². The summed E-state index contributed by atoms with van der Waals surface area (Å²) in [6.07, 6.45) is 1.49. The molecule has 0 aliphatic rings. The Balaban J connectivity index is 2.08. The number of halogens is 2. The Bertz CT molecular complexity index is 860. The highest BCUT2D eigenvalue weighted by atomic mass is 35.5. The third kappa shape index (κ3) is 3.06. The zero-order chi connectivity index (χ0) is 15.5. The highest BCUT2D eigenvalue weighted by molar-refractivity contribution is 6.33. The molecule has 0 aliphatic carbocycles. The predicted octanol–water partition coefficient (Wildman–Crippen LogP) is 4.27. The van der Waals surface area contributed by atoms with Gasteiger partial charge >= 0.3 is 0 Å². The SMILES string of the molecule is O=c1c(-c2cccc(Cl)c2)c(Cl)cnn1Cc1ccccc1. The van der Waals surface area contributed by atoms with E-state index in [9.17, 15) is 4.79 Å². The molecule has 0 spiro atoms. The standard InChI is InChI=1S/C17H12Cl2N2O/c18-14-8-4-7-13(9-14)16-15(19)10-20-21(17(16)22)11-12-5-2-1-3-6-12/h1-10H,11H2. The van der Waals surface area contributed by atoms with E-state index in [4.69, 9.17) is 23.2 Å². The highest BCUT2D eigenvalue weighted by Crippen LogP contribution is 2.25. The Kier molecular flexibility index (Phi) is 4.27. The number of aromatic nitrogens is 2. The molecule has 0 bridgehead atoms. The van der Waals surface area contributed by atoms with Crippen LogP contribution in [0, 0.1) is 0 Å². The van der Waals surface area contributed by atoms with E-state index in [0.29, 0.717) is 27.7 Å². The summed E-state index contributed by atoms with van der Waals surface area (Å²) < 4.78 is 1.40. The van der Waals surface area contributed by atoms with Crippen molar-refractivity contribution in [1.82, 2.24) is 9.78 Å². The van der Waals surface area contributed by atoms with Gasteiger partial charge < -0.3 is 0 Å². The van der Waals surface area contributed by atoms with Crippen molar-refractivity contribution in [3.8, 4) is 11.1 Å². The molecule has 0 saturated carbocycles. The lowest BCUT2D eigenvalue weighted by Crippen LogP contribution is -2.25. The number of nitrogens with zero attached hydrogens (tertiary/aromatic N) is 2. The Morgan fingerprint density at radius 1 is 1.00 bits per heavy atom. The van der Waals surface area contributed by atoms with E-state index in [-0.39, 0.29) is 5.56 Å². The van der Waals surface area contributed by atoms with Crippen LogP contribution in [0.3, 0.4) is 0 Å². The molecule has 1 aromatic heterocycles. The number of hydrogen-bond donors (Lipinski definition) is 0. The van der Waals surface area contributed by atoms with Crippen molar-refractivity contribution in [2.24, 2.45) is 0 Å². The van der Waals surface area contributed by atoms with E-state index in [1.54, 1.807) is 24.3 Å². The molecule has 0 fully saturated rings. The molecule has 110 valence electrons. The summed E-state index contributed by atoms with van der Waals surface area (Å²) in [7, 11) is 0. The number of benzene rings is 2. The van der Waals surface area contributed by atoms with Crippen molar-refractivity contribution in [1.29, 1.82) is 0 Å². The van der Waals surface area contributed by atoms with Gasteiger partial charge in [0.05, 0.1) is 23.3 Å². The molecule has 5 heteroatoms. The quantitative estimate of drug-likeness (QED) is 0.718. The maximum Gasteiger partial charge on any atom is 0.276 e. The van der Waals surface area contributed by atoms with Crippen LogP contribution in [0.5, 0.6) is 0 Å². The molecule has 3 nitrogen and oxygen atoms in total. The van der Waals surface area contributed by atoms with Crippen LogP contribution in [0.25, 0.3) is 11.1 Å². The van der Waals surface area contributed by atoms with Crippen LogP contribution in [0.1, 0.15) is 5.56 Å². The van der Waals surface area contributed by atoms with Crippen molar-refractivity contribution in [2.45, 2.75) is 6.54 Å². The first-order valence-electron chi connectivity index (χ1n) is 6.70. The number of hydrogen-bond acceptors (Lipinski definition) is 2. The zero-order valence-corrected chi connectivity index (χ0v) is 13.1. The van der Waals surface area contributed by atoms with Gasteiger partial charge in [-0.05, 0) is 23.3 Å². The van der Waals surface area contributed by atoms with Crippen molar-refractivity contribution in [2.75, 3.05) is 0 Å². The van der Waals surface area contributed by atoms with Crippen molar-refractivity contribution >= 4 is 23.2 Å². The predicted molar refractivity (Wildman–Crippen MR) is 89.5 cm³/mol. The monoisotopic (exact) mass is 330 g/mol. The number of rotatable bonds is 3. The third-order valence-corrected chi connectivity index (χ3v) is 3.81. The minimum absolute atomic E-state index is 0.237. The fourth-order valence-electron chi connectivity index (χ4n) is 2.24. The summed E-state index contributed by atoms with van der Waals surface area (Å²) in [5.74, 6) is 0. The van der Waals surface area contributed by atoms with E-state index >= 15 is 0 Å². The first kappa shape index (κ1) is 14.8. The summed E-state index contributed by atoms with van der Waals surface area (Å²) in [6, 6.07) is 16.7. The van der Waals surface area contributed by atoms with Crippen LogP contribution >= 0.6 is 23.2 Å². The van der Waals surface area contributed by atoms with Crippen LogP contribution < -0.4 is 5.56 Å². The molecule has 2 aromatic carbocycles. The summed E-state index contributed by atoms with van der Waals surface area (Å²) in [6.45, 7) is 0.393. The van der Waals surface area contributed by atoms with E-state index < -0.39 is 0 Å². The van der Waals surface area contributed by atoms with E-state index in [1.165, 1.54) is 10.9 Å². The second-order valence-electron chi connectivity index (χ2n) is 4.83. The van der Waals surface area contributed by atoms with E-state index in [2.05, 4.69) is 5.10 Å². The molecule has 0 N–H and O–H groups in total. The lowest BCUT2D eigenvalue weighted by atomic mass is 10.1. The average molecular weight is 331 g/mol. The Labute approximate surface area is 137 Å². The molecule has 1 heterocycles. The Morgan fingerprint density at radius 2 is 1.77 bits per heavy atom. The van der Waals surface area contributed by atoms with Crippen molar-refractivity contribution < 1.29 is 0 Å². The van der Waals surface area contributed by atoms with Gasteiger partial charge in [-0.15, -0.1) is 0 Å². The first-order chi connectivity index (χ1) is 10.6. The summed E-state index contributed by atoms with van der Waals surface area (Å²) in [5, 5.41) is 4.99. The third-order valence-electron chi connectivity index (χ3n) is 3.29. The molecule has 3 rings (SSSR count). The lowest BCUT2D eigenvalue weighted by Gasteiger charge is -2.09. The van der Waals surface area contributed by atoms with Gasteiger partial charge in [-0.1, -0.05) is 65.7 Å². The average Bonchev–Trinajstić information content (AvgIpc) is 2.51. The molecule has 0 saturated heterocycles. The van der Waals surface area contributed by atoms with Crippen molar-refractivity contribution in [3.05, 3.63) is 86.8 Å². The minimum Gasteiger partial charge on any atom is -0.267 e. The van der Waals surface area contributed by atoms with E-state index in [1.807, 2.05) is 30.3 Å². The summed E-state index contributed by atoms with van der Waals surface area (Å²) in [4.78, 5) is 12.7. The van der Waals surface area contributed by atoms with Crippen molar-refractivity contribution in [3.63, 3.8) is 0 Å². The van der Waals surface area contributed by atoms with Gasteiger partial charge in [0.2, 0.25) is 0 Å². The minimum atomic E-state index is -0.237. The largest absolute Gasteiger partial charge is 0.276 e. The van der Waals surface area contributed by atoms with Crippen LogP contribution in [-0.2, 0) is 6.54 Å². The molecule has 3 aromatic rings. The molecule has 0 aliphatic heterocycles. The fraction of sp³-hybridized carbons (Fsp3) is 0.0588. The maximum absolute atomic E-state index is 12.7. The van der Waals surface area contributed by atoms with Gasteiger partial charge in [-0.25, -0.2) is 4.68 Å². The summed E-state index contributed by atoms with van der Waals surface area (Å²) >= 11 is 12.2. The van der Waals surface area contributed by atoms with Gasteiger partial charge in [-0.3, -0.25) is 4.79 Å². The van der Waals surface area contributed by atoms with Gasteiger partial charge in [0.25, 0.3) is 5.56 Å². The van der Waals surface area contributed by atoms with Gasteiger partial charge in [0.1, 0.15) is 0 Å². The van der Waals surface area contributed by atoms with Crippen LogP contribution in [0.2, 0.25) is 10.0 Å². The molecule has 0 unspecified atom stereocenters. The van der Waals surface area contributed by atoms with Gasteiger partial charge in [-0.2, -0.15) is 5.10 Å². The van der Waals surface area contributed by atoms with E-state index in [0.717, 1.165) is 5.56 Å². The lowest BCUT2D eigenvalue weighted by molar-refractivity contribution is 0.641. The van der Waals surface area contributed by atoms with Crippen LogP contribution in [0.15, 0.2) is 65.6 Å². The van der Waals surface area contributed by atoms with Crippen LogP contribution in [-0.4, -0.2) is 9.78 Å². The molecule has 0 radical (unpaired) electrons. The second-order valence-corrected chi connectivity index (χ2v) is 5.67. The fourth-order valence-corrected chi connectivity index (χ4v) is 2.67. The van der Waals surface area contributed by atoms with Gasteiger partial charge in [0.15, 0.2) is 0 Å². The maximum atomic E-state index is 12.7. The Morgan fingerprint density at radius 3 is 2.50 bits per heavy atom. The van der Waals surface area contributed by atoms with Gasteiger partial charge in [0, 0.05) is 5.02 Å². The molecular weight excluding hydrogens is 319 g/mol. The molecular formula is C17H12Cl2N2O.